The molecule has 0 unspecified atom stereocenters. The molecule has 0 bridgehead atoms. The summed E-state index contributed by atoms with van der Waals surface area (Å²) >= 11 is 8.68. The molecular formula is C9H3BrClFN2O2. The number of halogens is 3. The van der Waals surface area contributed by atoms with Gasteiger partial charge >= 0.3 is 5.97 Å². The fourth-order valence-electron chi connectivity index (χ4n) is 1.20. The average Bonchev–Trinajstić information content (AvgIpc) is 2.25. The second-order valence-electron chi connectivity index (χ2n) is 2.96. The van der Waals surface area contributed by atoms with Crippen molar-refractivity contribution in [3.05, 3.63) is 33.1 Å². The predicted octanol–water partition coefficient (Wildman–Crippen LogP) is 2.88. The molecule has 2 aromatic rings. The third-order valence-corrected chi connectivity index (χ3v) is 2.86. The van der Waals surface area contributed by atoms with Crippen molar-refractivity contribution in [1.82, 2.24) is 10.2 Å². The van der Waals surface area contributed by atoms with Crippen molar-refractivity contribution in [2.24, 2.45) is 0 Å². The Balaban J connectivity index is 2.81. The van der Waals surface area contributed by atoms with Crippen LogP contribution in [-0.2, 0) is 0 Å². The predicted molar refractivity (Wildman–Crippen MR) is 59.2 cm³/mol. The minimum absolute atomic E-state index is 0.132. The van der Waals surface area contributed by atoms with Gasteiger partial charge < -0.3 is 5.11 Å². The van der Waals surface area contributed by atoms with Gasteiger partial charge in [0.05, 0.1) is 4.47 Å². The van der Waals surface area contributed by atoms with Gasteiger partial charge in [-0.25, -0.2) is 9.18 Å². The number of aromatic carboxylic acids is 1. The first-order valence-electron chi connectivity index (χ1n) is 4.05. The molecule has 1 aromatic carbocycles. The van der Waals surface area contributed by atoms with Crippen LogP contribution in [0.1, 0.15) is 10.5 Å². The van der Waals surface area contributed by atoms with Crippen LogP contribution in [0.4, 0.5) is 4.39 Å². The zero-order valence-corrected chi connectivity index (χ0v) is 9.88. The molecule has 82 valence electrons. The van der Waals surface area contributed by atoms with Gasteiger partial charge in [-0.3, -0.25) is 0 Å². The van der Waals surface area contributed by atoms with E-state index < -0.39 is 11.8 Å². The number of nitrogens with zero attached hydrogens (tertiary/aromatic N) is 2. The Morgan fingerprint density at radius 2 is 2.12 bits per heavy atom. The molecule has 2 rings (SSSR count). The minimum Gasteiger partial charge on any atom is -0.476 e. The van der Waals surface area contributed by atoms with E-state index in [-0.39, 0.29) is 20.7 Å². The van der Waals surface area contributed by atoms with Crippen LogP contribution in [0.5, 0.6) is 0 Å². The summed E-state index contributed by atoms with van der Waals surface area (Å²) in [7, 11) is 0. The van der Waals surface area contributed by atoms with Gasteiger partial charge in [-0.05, 0) is 28.1 Å². The molecule has 1 aromatic heterocycles. The molecule has 16 heavy (non-hydrogen) atoms. The highest BCUT2D eigenvalue weighted by Crippen LogP contribution is 2.30. The first kappa shape index (κ1) is 11.2. The summed E-state index contributed by atoms with van der Waals surface area (Å²) in [6.07, 6.45) is 0. The van der Waals surface area contributed by atoms with E-state index in [9.17, 15) is 9.18 Å². The molecule has 0 aliphatic carbocycles. The third kappa shape index (κ3) is 1.74. The summed E-state index contributed by atoms with van der Waals surface area (Å²) in [5.41, 5.74) is -0.0885. The van der Waals surface area contributed by atoms with E-state index >= 15 is 0 Å². The molecule has 0 aliphatic rings. The lowest BCUT2D eigenvalue weighted by Crippen LogP contribution is -2.02. The van der Waals surface area contributed by atoms with Crippen LogP contribution in [0.3, 0.4) is 0 Å². The Labute approximate surface area is 102 Å². The summed E-state index contributed by atoms with van der Waals surface area (Å²) in [6, 6.07) is 2.68. The van der Waals surface area contributed by atoms with E-state index in [0.717, 1.165) is 0 Å². The van der Waals surface area contributed by atoms with Crippen LogP contribution in [0, 0.1) is 5.82 Å². The highest BCUT2D eigenvalue weighted by atomic mass is 79.9. The SMILES string of the molecule is O=C(O)c1cc2cc(Br)c(F)c(Cl)c2nn1. The largest absolute Gasteiger partial charge is 0.476 e. The second-order valence-corrected chi connectivity index (χ2v) is 4.19. The lowest BCUT2D eigenvalue weighted by atomic mass is 10.2. The standard InChI is InChI=1S/C9H3BrClFN2O2/c10-4-1-3-2-5(9(15)16)13-14-8(3)6(11)7(4)12/h1-2H,(H,15,16). The summed E-state index contributed by atoms with van der Waals surface area (Å²) in [5, 5.41) is 15.9. The molecule has 0 amide bonds. The number of rotatable bonds is 1. The molecule has 0 saturated carbocycles. The molecule has 0 radical (unpaired) electrons. The maximum absolute atomic E-state index is 13.4. The Morgan fingerprint density at radius 3 is 2.75 bits per heavy atom. The first-order valence-corrected chi connectivity index (χ1v) is 5.22. The van der Waals surface area contributed by atoms with Gasteiger partial charge in [-0.1, -0.05) is 11.6 Å². The maximum atomic E-state index is 13.4. The van der Waals surface area contributed by atoms with Crippen molar-refractivity contribution < 1.29 is 14.3 Å². The number of fused-ring (bicyclic) bond motifs is 1. The molecule has 0 atom stereocenters. The molecule has 1 N–H and O–H groups in total. The van der Waals surface area contributed by atoms with Gasteiger partial charge in [0.25, 0.3) is 0 Å². The van der Waals surface area contributed by atoms with Gasteiger partial charge in [0, 0.05) is 5.39 Å². The maximum Gasteiger partial charge on any atom is 0.356 e. The van der Waals surface area contributed by atoms with Crippen molar-refractivity contribution in [3.63, 3.8) is 0 Å². The van der Waals surface area contributed by atoms with Crippen LogP contribution in [0.2, 0.25) is 5.02 Å². The van der Waals surface area contributed by atoms with E-state index in [0.29, 0.717) is 5.39 Å². The monoisotopic (exact) mass is 304 g/mol. The Hall–Kier alpha value is -1.27. The van der Waals surface area contributed by atoms with E-state index in [1.54, 1.807) is 0 Å². The van der Waals surface area contributed by atoms with Crippen LogP contribution in [0.15, 0.2) is 16.6 Å². The zero-order valence-electron chi connectivity index (χ0n) is 7.54. The van der Waals surface area contributed by atoms with E-state index in [4.69, 9.17) is 16.7 Å². The summed E-state index contributed by atoms with van der Waals surface area (Å²) in [4.78, 5) is 10.7. The van der Waals surface area contributed by atoms with Gasteiger partial charge in [-0.2, -0.15) is 0 Å². The fraction of sp³-hybridized carbons (Fsp3) is 0. The zero-order chi connectivity index (χ0) is 11.9. The van der Waals surface area contributed by atoms with Crippen molar-refractivity contribution in [3.8, 4) is 0 Å². The average molecular weight is 305 g/mol. The number of hydrogen-bond donors (Lipinski definition) is 1. The van der Waals surface area contributed by atoms with E-state index in [1.807, 2.05) is 0 Å². The highest BCUT2D eigenvalue weighted by Gasteiger charge is 2.14. The molecule has 0 fully saturated rings. The molecule has 1 heterocycles. The Bertz CT molecular complexity index is 606. The van der Waals surface area contributed by atoms with Gasteiger partial charge in [0.1, 0.15) is 10.5 Å². The van der Waals surface area contributed by atoms with Crippen molar-refractivity contribution in [1.29, 1.82) is 0 Å². The van der Waals surface area contributed by atoms with Crippen LogP contribution >= 0.6 is 27.5 Å². The number of carboxylic acid groups (broad SMARTS) is 1. The lowest BCUT2D eigenvalue weighted by molar-refractivity contribution is 0.0689. The fourth-order valence-corrected chi connectivity index (χ4v) is 2.01. The van der Waals surface area contributed by atoms with Crippen LogP contribution < -0.4 is 0 Å². The molecular weight excluding hydrogens is 302 g/mol. The number of carboxylic acids is 1. The molecule has 4 nitrogen and oxygen atoms in total. The smallest absolute Gasteiger partial charge is 0.356 e. The van der Waals surface area contributed by atoms with Crippen LogP contribution in [0.25, 0.3) is 10.9 Å². The van der Waals surface area contributed by atoms with Gasteiger partial charge in [0.15, 0.2) is 11.5 Å². The topological polar surface area (TPSA) is 63.1 Å². The number of aromatic nitrogens is 2. The molecule has 0 saturated heterocycles. The van der Waals surface area contributed by atoms with E-state index in [2.05, 4.69) is 26.1 Å². The van der Waals surface area contributed by atoms with Crippen molar-refractivity contribution in [2.75, 3.05) is 0 Å². The van der Waals surface area contributed by atoms with Gasteiger partial charge in [-0.15, -0.1) is 10.2 Å². The van der Waals surface area contributed by atoms with Gasteiger partial charge in [0.2, 0.25) is 0 Å². The molecule has 7 heteroatoms. The second kappa shape index (κ2) is 3.95. The van der Waals surface area contributed by atoms with Crippen molar-refractivity contribution in [2.45, 2.75) is 0 Å². The number of carbonyl (C=O) groups is 1. The van der Waals surface area contributed by atoms with Crippen molar-refractivity contribution >= 4 is 44.4 Å². The minimum atomic E-state index is -1.20. The normalized spacial score (nSPS) is 10.7. The summed E-state index contributed by atoms with van der Waals surface area (Å²) in [5.74, 6) is -1.85. The highest BCUT2D eigenvalue weighted by molar-refractivity contribution is 9.10. The number of hydrogen-bond acceptors (Lipinski definition) is 3. The molecule has 0 aliphatic heterocycles. The van der Waals surface area contributed by atoms with Crippen LogP contribution in [-0.4, -0.2) is 21.3 Å². The Morgan fingerprint density at radius 1 is 1.44 bits per heavy atom. The first-order chi connectivity index (χ1) is 7.50. The van der Waals surface area contributed by atoms with E-state index in [1.165, 1.54) is 12.1 Å². The lowest BCUT2D eigenvalue weighted by Gasteiger charge is -2.03. The summed E-state index contributed by atoms with van der Waals surface area (Å²) in [6.45, 7) is 0. The molecule has 0 spiro atoms. The summed E-state index contributed by atoms with van der Waals surface area (Å²) < 4.78 is 13.5. The Kier molecular flexibility index (Phi) is 2.77. The number of benzene rings is 1. The quantitative estimate of drug-likeness (QED) is 0.823. The third-order valence-electron chi connectivity index (χ3n) is 1.94.